The summed E-state index contributed by atoms with van der Waals surface area (Å²) in [5, 5.41) is 4.22. The second kappa shape index (κ2) is 6.42. The molecule has 1 aromatic carbocycles. The number of benzene rings is 1. The van der Waals surface area contributed by atoms with Crippen LogP contribution in [0, 0.1) is 5.82 Å². The van der Waals surface area contributed by atoms with E-state index in [0.717, 1.165) is 36.9 Å². The fourth-order valence-corrected chi connectivity index (χ4v) is 3.63. The predicted octanol–water partition coefficient (Wildman–Crippen LogP) is 2.44. The van der Waals surface area contributed by atoms with Gasteiger partial charge in [-0.05, 0) is 25.1 Å². The standard InChI is InChI=1S/C20H18FN5O2/c1-12-9-25(5-4-22-12)15-3-2-13-6-16(19(27)28-18(13)7-15)17-11-26-10-14(21)8-23-20(26)24-17/h2-3,6-8,10-12,22H,4-5,9H2,1H3/t12-/m0/s1. The van der Waals surface area contributed by atoms with Crippen LogP contribution in [0.3, 0.4) is 0 Å². The molecule has 1 aliphatic heterocycles. The highest BCUT2D eigenvalue weighted by molar-refractivity contribution is 5.84. The van der Waals surface area contributed by atoms with Crippen molar-refractivity contribution in [3.05, 3.63) is 59.1 Å². The van der Waals surface area contributed by atoms with Crippen molar-refractivity contribution in [2.75, 3.05) is 24.5 Å². The number of hydrogen-bond acceptors (Lipinski definition) is 6. The fourth-order valence-electron chi connectivity index (χ4n) is 3.63. The Labute approximate surface area is 159 Å². The summed E-state index contributed by atoms with van der Waals surface area (Å²) >= 11 is 0. The van der Waals surface area contributed by atoms with E-state index < -0.39 is 11.4 Å². The van der Waals surface area contributed by atoms with Crippen LogP contribution in [0.25, 0.3) is 28.0 Å². The molecule has 0 unspecified atom stereocenters. The number of nitrogens with one attached hydrogen (secondary N) is 1. The molecule has 0 amide bonds. The van der Waals surface area contributed by atoms with Gasteiger partial charge in [0.25, 0.3) is 0 Å². The molecular weight excluding hydrogens is 361 g/mol. The molecule has 1 fully saturated rings. The van der Waals surface area contributed by atoms with E-state index in [-0.39, 0.29) is 0 Å². The smallest absolute Gasteiger partial charge is 0.345 e. The minimum absolute atomic E-state index is 0.319. The lowest BCUT2D eigenvalue weighted by atomic mass is 10.1. The van der Waals surface area contributed by atoms with E-state index >= 15 is 0 Å². The molecular formula is C20H18FN5O2. The number of anilines is 1. The number of halogens is 1. The molecule has 5 rings (SSSR count). The van der Waals surface area contributed by atoms with Crippen LogP contribution < -0.4 is 15.8 Å². The molecule has 0 saturated carbocycles. The molecule has 7 nitrogen and oxygen atoms in total. The molecule has 1 atom stereocenters. The number of hydrogen-bond donors (Lipinski definition) is 1. The number of fused-ring (bicyclic) bond motifs is 2. The van der Waals surface area contributed by atoms with Gasteiger partial charge in [0.2, 0.25) is 5.78 Å². The number of aromatic nitrogens is 3. The van der Waals surface area contributed by atoms with Crippen LogP contribution in [0.2, 0.25) is 0 Å². The molecule has 142 valence electrons. The van der Waals surface area contributed by atoms with Crippen molar-refractivity contribution in [3.8, 4) is 11.3 Å². The third-order valence-electron chi connectivity index (χ3n) is 5.01. The minimum atomic E-state index is -0.484. The van der Waals surface area contributed by atoms with E-state index in [1.807, 2.05) is 18.2 Å². The van der Waals surface area contributed by atoms with Crippen molar-refractivity contribution in [2.45, 2.75) is 13.0 Å². The molecule has 0 radical (unpaired) electrons. The van der Waals surface area contributed by atoms with Crippen molar-refractivity contribution in [3.63, 3.8) is 0 Å². The highest BCUT2D eigenvalue weighted by atomic mass is 19.1. The van der Waals surface area contributed by atoms with E-state index in [1.165, 1.54) is 10.6 Å². The molecule has 28 heavy (non-hydrogen) atoms. The van der Waals surface area contributed by atoms with E-state index in [4.69, 9.17) is 4.42 Å². The summed E-state index contributed by atoms with van der Waals surface area (Å²) < 4.78 is 20.4. The Morgan fingerprint density at radius 3 is 3.04 bits per heavy atom. The van der Waals surface area contributed by atoms with Gasteiger partial charge in [0, 0.05) is 55.2 Å². The maximum absolute atomic E-state index is 13.4. The van der Waals surface area contributed by atoms with Crippen LogP contribution in [0.4, 0.5) is 10.1 Å². The second-order valence-corrected chi connectivity index (χ2v) is 7.08. The zero-order valence-electron chi connectivity index (χ0n) is 15.2. The largest absolute Gasteiger partial charge is 0.422 e. The van der Waals surface area contributed by atoms with Gasteiger partial charge in [0.1, 0.15) is 5.58 Å². The van der Waals surface area contributed by atoms with E-state index in [0.29, 0.717) is 28.7 Å². The summed E-state index contributed by atoms with van der Waals surface area (Å²) in [6, 6.07) is 8.04. The summed E-state index contributed by atoms with van der Waals surface area (Å²) in [6.45, 7) is 4.88. The molecule has 4 heterocycles. The van der Waals surface area contributed by atoms with Gasteiger partial charge < -0.3 is 14.6 Å². The van der Waals surface area contributed by atoms with Gasteiger partial charge in [-0.1, -0.05) is 0 Å². The lowest BCUT2D eigenvalue weighted by Gasteiger charge is -2.33. The minimum Gasteiger partial charge on any atom is -0.422 e. The topological polar surface area (TPSA) is 75.7 Å². The average Bonchev–Trinajstić information content (AvgIpc) is 3.10. The lowest BCUT2D eigenvalue weighted by Crippen LogP contribution is -2.49. The SMILES string of the molecule is C[C@H]1CN(c2ccc3cc(-c4cn5cc(F)cnc5n4)c(=O)oc3c2)CCN1. The third kappa shape index (κ3) is 2.91. The normalized spacial score (nSPS) is 17.5. The Morgan fingerprint density at radius 1 is 1.29 bits per heavy atom. The highest BCUT2D eigenvalue weighted by Crippen LogP contribution is 2.25. The summed E-state index contributed by atoms with van der Waals surface area (Å²) in [5.74, 6) is -0.157. The van der Waals surface area contributed by atoms with Gasteiger partial charge >= 0.3 is 5.63 Å². The van der Waals surface area contributed by atoms with Crippen LogP contribution in [-0.2, 0) is 0 Å². The van der Waals surface area contributed by atoms with Crippen molar-refractivity contribution in [1.29, 1.82) is 0 Å². The summed E-state index contributed by atoms with van der Waals surface area (Å²) in [4.78, 5) is 23.1. The van der Waals surface area contributed by atoms with Crippen molar-refractivity contribution >= 4 is 22.4 Å². The summed E-state index contributed by atoms with van der Waals surface area (Å²) in [5.41, 5.74) is 1.80. The molecule has 3 aromatic heterocycles. The predicted molar refractivity (Wildman–Crippen MR) is 104 cm³/mol. The number of nitrogens with zero attached hydrogens (tertiary/aromatic N) is 4. The Balaban J connectivity index is 1.56. The van der Waals surface area contributed by atoms with Crippen LogP contribution in [0.1, 0.15) is 6.92 Å². The first kappa shape index (κ1) is 16.9. The van der Waals surface area contributed by atoms with Crippen molar-refractivity contribution in [1.82, 2.24) is 19.7 Å². The van der Waals surface area contributed by atoms with Crippen LogP contribution in [0.15, 0.2) is 52.1 Å². The Morgan fingerprint density at radius 2 is 2.18 bits per heavy atom. The van der Waals surface area contributed by atoms with Gasteiger partial charge in [-0.25, -0.2) is 19.2 Å². The first-order chi connectivity index (χ1) is 13.6. The third-order valence-corrected chi connectivity index (χ3v) is 5.01. The molecule has 0 bridgehead atoms. The molecule has 1 saturated heterocycles. The molecule has 1 aliphatic rings. The maximum Gasteiger partial charge on any atom is 0.345 e. The number of piperazine rings is 1. The van der Waals surface area contributed by atoms with Crippen LogP contribution in [-0.4, -0.2) is 40.0 Å². The maximum atomic E-state index is 13.4. The van der Waals surface area contributed by atoms with E-state index in [9.17, 15) is 9.18 Å². The first-order valence-corrected chi connectivity index (χ1v) is 9.14. The van der Waals surface area contributed by atoms with Gasteiger partial charge in [0.05, 0.1) is 17.5 Å². The molecule has 0 aliphatic carbocycles. The summed E-state index contributed by atoms with van der Waals surface area (Å²) in [7, 11) is 0. The average molecular weight is 379 g/mol. The first-order valence-electron chi connectivity index (χ1n) is 9.14. The zero-order valence-corrected chi connectivity index (χ0v) is 15.2. The van der Waals surface area contributed by atoms with Gasteiger partial charge in [0.15, 0.2) is 5.82 Å². The van der Waals surface area contributed by atoms with E-state index in [2.05, 4.69) is 27.1 Å². The van der Waals surface area contributed by atoms with E-state index in [1.54, 1.807) is 12.3 Å². The number of rotatable bonds is 2. The molecule has 8 heteroatoms. The van der Waals surface area contributed by atoms with Crippen molar-refractivity contribution in [2.24, 2.45) is 0 Å². The van der Waals surface area contributed by atoms with Gasteiger partial charge in [-0.2, -0.15) is 0 Å². The molecule has 1 N–H and O–H groups in total. The Bertz CT molecular complexity index is 1250. The van der Waals surface area contributed by atoms with Crippen LogP contribution in [0.5, 0.6) is 0 Å². The number of imidazole rings is 1. The van der Waals surface area contributed by atoms with Crippen LogP contribution >= 0.6 is 0 Å². The summed E-state index contributed by atoms with van der Waals surface area (Å²) in [6.07, 6.45) is 3.93. The fraction of sp³-hybridized carbons (Fsp3) is 0.250. The molecule has 4 aromatic rings. The lowest BCUT2D eigenvalue weighted by molar-refractivity contribution is 0.484. The van der Waals surface area contributed by atoms with Crippen molar-refractivity contribution < 1.29 is 8.81 Å². The monoisotopic (exact) mass is 379 g/mol. The zero-order chi connectivity index (χ0) is 19.3. The Hall–Kier alpha value is -3.26. The Kier molecular flexibility index (Phi) is 3.87. The van der Waals surface area contributed by atoms with Gasteiger partial charge in [-0.15, -0.1) is 0 Å². The van der Waals surface area contributed by atoms with Gasteiger partial charge in [-0.3, -0.25) is 4.40 Å². The quantitative estimate of drug-likeness (QED) is 0.539. The second-order valence-electron chi connectivity index (χ2n) is 7.08. The highest BCUT2D eigenvalue weighted by Gasteiger charge is 2.17. The molecule has 0 spiro atoms.